The minimum Gasteiger partial charge on any atom is -0.398 e. The molecule has 0 amide bonds. The molecule has 1 aromatic carbocycles. The van der Waals surface area contributed by atoms with Crippen LogP contribution in [0.15, 0.2) is 15.5 Å². The quantitative estimate of drug-likeness (QED) is 0.834. The van der Waals surface area contributed by atoms with Gasteiger partial charge in [-0.2, -0.15) is 4.98 Å². The topological polar surface area (TPSA) is 111 Å². The average molecular weight is 296 g/mol. The van der Waals surface area contributed by atoms with E-state index in [1.165, 1.54) is 0 Å². The molecule has 0 saturated carbocycles. The van der Waals surface area contributed by atoms with Crippen LogP contribution in [0.3, 0.4) is 0 Å². The SMILES string of the molecule is Cc1noc(NS(=O)(=O)c2c(C)cc(C)c(N)c2C)n1. The van der Waals surface area contributed by atoms with Crippen LogP contribution in [0.1, 0.15) is 22.5 Å². The van der Waals surface area contributed by atoms with Gasteiger partial charge in [-0.15, -0.1) is 0 Å². The second-order valence-corrected chi connectivity index (χ2v) is 6.25. The molecule has 0 bridgehead atoms. The number of sulfonamides is 1. The number of nitrogens with one attached hydrogen (secondary N) is 1. The standard InChI is InChI=1S/C12H16N4O3S/c1-6-5-7(2)11(8(3)10(6)13)20(17,18)16-12-14-9(4)15-19-12/h5H,13H2,1-4H3,(H,14,15,16). The lowest BCUT2D eigenvalue weighted by Gasteiger charge is -2.14. The Bertz CT molecular complexity index is 765. The van der Waals surface area contributed by atoms with Crippen molar-refractivity contribution >= 4 is 21.7 Å². The molecule has 0 saturated heterocycles. The van der Waals surface area contributed by atoms with E-state index in [-0.39, 0.29) is 10.9 Å². The molecule has 108 valence electrons. The summed E-state index contributed by atoms with van der Waals surface area (Å²) in [4.78, 5) is 3.96. The van der Waals surface area contributed by atoms with E-state index in [9.17, 15) is 8.42 Å². The third-order valence-electron chi connectivity index (χ3n) is 2.98. The zero-order valence-electron chi connectivity index (χ0n) is 11.7. The van der Waals surface area contributed by atoms with Gasteiger partial charge >= 0.3 is 6.01 Å². The molecule has 0 aliphatic rings. The van der Waals surface area contributed by atoms with E-state index in [1.807, 2.05) is 6.92 Å². The number of nitrogens with zero attached hydrogens (tertiary/aromatic N) is 2. The van der Waals surface area contributed by atoms with Gasteiger partial charge in [-0.1, -0.05) is 11.2 Å². The Balaban J connectivity index is 2.52. The summed E-state index contributed by atoms with van der Waals surface area (Å²) in [5.41, 5.74) is 8.31. The number of rotatable bonds is 3. The van der Waals surface area contributed by atoms with Crippen molar-refractivity contribution in [1.82, 2.24) is 10.1 Å². The van der Waals surface area contributed by atoms with Crippen LogP contribution < -0.4 is 10.5 Å². The van der Waals surface area contributed by atoms with Gasteiger partial charge in [0, 0.05) is 5.69 Å². The fourth-order valence-corrected chi connectivity index (χ4v) is 3.51. The predicted octanol–water partition coefficient (Wildman–Crippen LogP) is 1.69. The maximum atomic E-state index is 12.4. The van der Waals surface area contributed by atoms with Crippen LogP contribution in [0.4, 0.5) is 11.7 Å². The highest BCUT2D eigenvalue weighted by atomic mass is 32.2. The molecule has 2 rings (SSSR count). The maximum absolute atomic E-state index is 12.4. The Labute approximate surface area is 117 Å². The number of aryl methyl sites for hydroxylation is 3. The molecule has 0 unspecified atom stereocenters. The monoisotopic (exact) mass is 296 g/mol. The molecular formula is C12H16N4O3S. The summed E-state index contributed by atoms with van der Waals surface area (Å²) in [5, 5.41) is 3.53. The van der Waals surface area contributed by atoms with E-state index < -0.39 is 10.0 Å². The summed E-state index contributed by atoms with van der Waals surface area (Å²) in [6.07, 6.45) is 0. The Morgan fingerprint density at radius 1 is 1.20 bits per heavy atom. The Hall–Kier alpha value is -2.09. The summed E-state index contributed by atoms with van der Waals surface area (Å²) in [5.74, 6) is 0.347. The summed E-state index contributed by atoms with van der Waals surface area (Å²) in [6.45, 7) is 6.82. The average Bonchev–Trinajstić information content (AvgIpc) is 2.70. The summed E-state index contributed by atoms with van der Waals surface area (Å²) < 4.78 is 31.9. The first-order valence-corrected chi connectivity index (χ1v) is 7.40. The normalized spacial score (nSPS) is 11.6. The van der Waals surface area contributed by atoms with Gasteiger partial charge in [0.15, 0.2) is 5.82 Å². The van der Waals surface area contributed by atoms with Gasteiger partial charge < -0.3 is 10.3 Å². The molecule has 0 fully saturated rings. The van der Waals surface area contributed by atoms with Crippen LogP contribution in [-0.4, -0.2) is 18.6 Å². The van der Waals surface area contributed by atoms with Crippen molar-refractivity contribution in [3.63, 3.8) is 0 Å². The van der Waals surface area contributed by atoms with Crippen LogP contribution in [0, 0.1) is 27.7 Å². The van der Waals surface area contributed by atoms with Crippen molar-refractivity contribution in [1.29, 1.82) is 0 Å². The minimum atomic E-state index is -3.83. The number of nitrogen functional groups attached to an aromatic ring is 1. The molecule has 1 heterocycles. The zero-order valence-corrected chi connectivity index (χ0v) is 12.5. The van der Waals surface area contributed by atoms with E-state index in [0.717, 1.165) is 5.56 Å². The Kier molecular flexibility index (Phi) is 3.43. The number of benzene rings is 1. The zero-order chi connectivity index (χ0) is 15.1. The van der Waals surface area contributed by atoms with Gasteiger partial charge in [-0.3, -0.25) is 0 Å². The Morgan fingerprint density at radius 2 is 1.85 bits per heavy atom. The number of hydrogen-bond acceptors (Lipinski definition) is 6. The molecule has 0 aliphatic heterocycles. The van der Waals surface area contributed by atoms with Crippen molar-refractivity contribution in [2.75, 3.05) is 10.5 Å². The van der Waals surface area contributed by atoms with E-state index in [2.05, 4.69) is 14.9 Å². The maximum Gasteiger partial charge on any atom is 0.335 e. The second-order valence-electron chi connectivity index (χ2n) is 4.63. The van der Waals surface area contributed by atoms with Crippen molar-refractivity contribution in [3.05, 3.63) is 28.6 Å². The lowest BCUT2D eigenvalue weighted by atomic mass is 10.1. The van der Waals surface area contributed by atoms with Crippen LogP contribution in [0.2, 0.25) is 0 Å². The van der Waals surface area contributed by atoms with Crippen molar-refractivity contribution in [2.45, 2.75) is 32.6 Å². The first-order chi connectivity index (χ1) is 9.22. The lowest BCUT2D eigenvalue weighted by molar-refractivity contribution is 0.429. The van der Waals surface area contributed by atoms with Gasteiger partial charge in [-0.25, -0.2) is 13.1 Å². The Morgan fingerprint density at radius 3 is 2.40 bits per heavy atom. The highest BCUT2D eigenvalue weighted by Crippen LogP contribution is 2.29. The van der Waals surface area contributed by atoms with E-state index in [0.29, 0.717) is 22.6 Å². The molecule has 3 N–H and O–H groups in total. The first kappa shape index (κ1) is 14.3. The fraction of sp³-hybridized carbons (Fsp3) is 0.333. The van der Waals surface area contributed by atoms with Crippen LogP contribution >= 0.6 is 0 Å². The molecule has 2 aromatic rings. The van der Waals surface area contributed by atoms with E-state index in [1.54, 1.807) is 26.8 Å². The molecule has 0 spiro atoms. The van der Waals surface area contributed by atoms with Gasteiger partial charge in [0.1, 0.15) is 0 Å². The van der Waals surface area contributed by atoms with E-state index >= 15 is 0 Å². The van der Waals surface area contributed by atoms with Crippen LogP contribution in [-0.2, 0) is 10.0 Å². The molecule has 0 radical (unpaired) electrons. The smallest absolute Gasteiger partial charge is 0.335 e. The number of nitrogens with two attached hydrogens (primary N) is 1. The van der Waals surface area contributed by atoms with Crippen LogP contribution in [0.25, 0.3) is 0 Å². The molecule has 0 atom stereocenters. The highest BCUT2D eigenvalue weighted by molar-refractivity contribution is 7.92. The molecule has 0 aliphatic carbocycles. The van der Waals surface area contributed by atoms with Gasteiger partial charge in [-0.05, 0) is 44.4 Å². The summed E-state index contributed by atoms with van der Waals surface area (Å²) in [7, 11) is -3.83. The molecule has 20 heavy (non-hydrogen) atoms. The fourth-order valence-electron chi connectivity index (χ4n) is 2.10. The minimum absolute atomic E-state index is 0.136. The van der Waals surface area contributed by atoms with Crippen molar-refractivity contribution in [3.8, 4) is 0 Å². The second kappa shape index (κ2) is 4.78. The molecule has 1 aromatic heterocycles. The number of anilines is 2. The predicted molar refractivity (Wildman–Crippen MR) is 74.9 cm³/mol. The van der Waals surface area contributed by atoms with Crippen molar-refractivity contribution < 1.29 is 12.9 Å². The number of aromatic nitrogens is 2. The third kappa shape index (κ3) is 2.46. The summed E-state index contributed by atoms with van der Waals surface area (Å²) >= 11 is 0. The van der Waals surface area contributed by atoms with Gasteiger partial charge in [0.05, 0.1) is 4.90 Å². The summed E-state index contributed by atoms with van der Waals surface area (Å²) in [6, 6.07) is 1.57. The largest absolute Gasteiger partial charge is 0.398 e. The molecule has 7 nitrogen and oxygen atoms in total. The first-order valence-electron chi connectivity index (χ1n) is 5.92. The van der Waals surface area contributed by atoms with Crippen LogP contribution in [0.5, 0.6) is 0 Å². The third-order valence-corrected chi connectivity index (χ3v) is 4.59. The highest BCUT2D eigenvalue weighted by Gasteiger charge is 2.24. The number of hydrogen-bond donors (Lipinski definition) is 2. The lowest BCUT2D eigenvalue weighted by Crippen LogP contribution is -2.17. The van der Waals surface area contributed by atoms with Gasteiger partial charge in [0.2, 0.25) is 0 Å². The van der Waals surface area contributed by atoms with Gasteiger partial charge in [0.25, 0.3) is 10.0 Å². The molecule has 8 heteroatoms. The van der Waals surface area contributed by atoms with Crippen molar-refractivity contribution in [2.24, 2.45) is 0 Å². The van der Waals surface area contributed by atoms with E-state index in [4.69, 9.17) is 10.3 Å². The molecular weight excluding hydrogens is 280 g/mol.